The fourth-order valence-electron chi connectivity index (χ4n) is 6.02. The van der Waals surface area contributed by atoms with Gasteiger partial charge < -0.3 is 22.1 Å². The molecule has 10 aromatic rings. The summed E-state index contributed by atoms with van der Waals surface area (Å²) < 4.78 is 24.7. The molecular weight excluding hydrogens is 680 g/mol. The average Bonchev–Trinajstić information content (AvgIpc) is 3.73. The molecule has 6 aromatic heterocycles. The van der Waals surface area contributed by atoms with Gasteiger partial charge in [0, 0.05) is 20.2 Å². The summed E-state index contributed by atoms with van der Waals surface area (Å²) in [6.07, 6.45) is 0. The van der Waals surface area contributed by atoms with Gasteiger partial charge in [0.25, 0.3) is 0 Å². The van der Waals surface area contributed by atoms with Crippen molar-refractivity contribution in [1.82, 2.24) is 0 Å². The number of fused-ring (bicyclic) bond motifs is 8. The molecule has 0 aliphatic rings. The molecule has 0 radical (unpaired) electrons. The van der Waals surface area contributed by atoms with Crippen LogP contribution in [0.5, 0.6) is 0 Å². The van der Waals surface area contributed by atoms with Crippen LogP contribution in [-0.2, 0) is 0 Å². The third-order valence-electron chi connectivity index (χ3n) is 8.40. The maximum absolute atomic E-state index is 12.8. The first-order valence-electron chi connectivity index (χ1n) is 14.1. The molecule has 0 amide bonds. The van der Waals surface area contributed by atoms with E-state index in [1.807, 2.05) is 0 Å². The lowest BCUT2D eigenvalue weighted by Gasteiger charge is -2.01. The molecule has 10 rings (SSSR count). The second-order valence-corrected chi connectivity index (χ2v) is 12.2. The highest BCUT2D eigenvalue weighted by molar-refractivity contribution is 7.24. The molecular formula is C34H8O15S. The Morgan fingerprint density at radius 1 is 0.280 bits per heavy atom. The van der Waals surface area contributed by atoms with Gasteiger partial charge in [0.05, 0.1) is 53.9 Å². The van der Waals surface area contributed by atoms with Gasteiger partial charge in [-0.15, -0.1) is 11.3 Å². The Labute approximate surface area is 270 Å². The first kappa shape index (κ1) is 29.0. The minimum Gasteiger partial charge on any atom is -0.456 e. The number of furan rings is 4. The van der Waals surface area contributed by atoms with Crippen LogP contribution in [-0.4, -0.2) is 0 Å². The van der Waals surface area contributed by atoms with Gasteiger partial charge >= 0.3 is 45.0 Å². The summed E-state index contributed by atoms with van der Waals surface area (Å²) in [7, 11) is 0. The number of benzene rings is 4. The quantitative estimate of drug-likeness (QED) is 0.207. The van der Waals surface area contributed by atoms with E-state index in [-0.39, 0.29) is 75.8 Å². The smallest absolute Gasteiger partial charge is 0.347 e. The van der Waals surface area contributed by atoms with Gasteiger partial charge in [-0.3, -0.25) is 9.59 Å². The van der Waals surface area contributed by atoms with Gasteiger partial charge in [-0.1, -0.05) is 0 Å². The molecule has 0 saturated heterocycles. The summed E-state index contributed by atoms with van der Waals surface area (Å²) in [5.74, 6) is 0. The molecule has 15 nitrogen and oxygen atoms in total. The molecule has 50 heavy (non-hydrogen) atoms. The molecule has 0 spiro atoms. The Hall–Kier alpha value is -7.20. The standard InChI is InChI=1S/C17H4O8.C17H4O7S/c18-13-9-1-5-7(16(21)24-14(5)19)3-11(9)23-12-4-8-6(2-10(12)13)15(20)25-17(8)22;18-13-9-1-5-7(16(21)23-14(5)19)3-11(9)25-12-4-8-6(2-10(12)13)15(20)24-17(8)22/h2*1-4H. The molecule has 0 fully saturated rings. The molecule has 4 aromatic carbocycles. The summed E-state index contributed by atoms with van der Waals surface area (Å²) >= 11 is 1.17. The molecule has 0 aliphatic heterocycles. The van der Waals surface area contributed by atoms with Crippen molar-refractivity contribution in [2.75, 3.05) is 0 Å². The predicted molar refractivity (Wildman–Crippen MR) is 180 cm³/mol. The van der Waals surface area contributed by atoms with Crippen LogP contribution in [0.1, 0.15) is 0 Å². The van der Waals surface area contributed by atoms with Crippen molar-refractivity contribution in [3.05, 3.63) is 152 Å². The first-order valence-corrected chi connectivity index (χ1v) is 14.9. The summed E-state index contributed by atoms with van der Waals surface area (Å²) in [5.41, 5.74) is -7.26. The van der Waals surface area contributed by atoms with Crippen molar-refractivity contribution >= 4 is 96.5 Å². The molecule has 0 N–H and O–H groups in total. The second kappa shape index (κ2) is 9.68. The zero-order valence-corrected chi connectivity index (χ0v) is 25.0. The largest absolute Gasteiger partial charge is 0.456 e. The van der Waals surface area contributed by atoms with E-state index in [1.54, 1.807) is 0 Å². The third-order valence-corrected chi connectivity index (χ3v) is 9.51. The summed E-state index contributed by atoms with van der Waals surface area (Å²) in [4.78, 5) is 119. The normalized spacial score (nSPS) is 12.0. The van der Waals surface area contributed by atoms with Crippen LogP contribution >= 0.6 is 11.3 Å². The van der Waals surface area contributed by atoms with E-state index in [2.05, 4.69) is 17.7 Å². The maximum atomic E-state index is 12.8. The molecule has 0 unspecified atom stereocenters. The van der Waals surface area contributed by atoms with Gasteiger partial charge in [-0.05, 0) is 48.5 Å². The van der Waals surface area contributed by atoms with Gasteiger partial charge in [0.1, 0.15) is 11.2 Å². The van der Waals surface area contributed by atoms with Gasteiger partial charge in [0.15, 0.2) is 5.43 Å². The number of hydrogen-bond acceptors (Lipinski definition) is 16. The van der Waals surface area contributed by atoms with Crippen LogP contribution in [0, 0.1) is 0 Å². The van der Waals surface area contributed by atoms with Gasteiger partial charge in [0.2, 0.25) is 5.43 Å². The van der Waals surface area contributed by atoms with E-state index in [4.69, 9.17) is 4.42 Å². The fraction of sp³-hybridized carbons (Fsp3) is 0. The monoisotopic (exact) mass is 688 g/mol. The van der Waals surface area contributed by atoms with Crippen LogP contribution in [0.15, 0.2) is 119 Å². The topological polar surface area (TPSA) is 236 Å². The lowest BCUT2D eigenvalue weighted by atomic mass is 10.1. The Morgan fingerprint density at radius 2 is 0.540 bits per heavy atom. The SMILES string of the molecule is O=c1c2cc3c(=O)oc(=O)c3cc2oc2cc3c(=O)oc(=O)c3cc12.O=c1c2cc3c(=O)oc(=O)c3cc2sc2cc3c(=O)oc(=O)c3cc12. The van der Waals surface area contributed by atoms with Crippen LogP contribution in [0.2, 0.25) is 0 Å². The van der Waals surface area contributed by atoms with E-state index >= 15 is 0 Å². The van der Waals surface area contributed by atoms with Crippen molar-refractivity contribution in [3.63, 3.8) is 0 Å². The van der Waals surface area contributed by atoms with E-state index in [0.29, 0.717) is 9.40 Å². The summed E-state index contributed by atoms with van der Waals surface area (Å²) in [5, 5.41) is 0.791. The predicted octanol–water partition coefficient (Wildman–Crippen LogP) is 1.98. The van der Waals surface area contributed by atoms with Crippen molar-refractivity contribution in [2.24, 2.45) is 0 Å². The zero-order valence-electron chi connectivity index (χ0n) is 24.2. The third kappa shape index (κ3) is 3.90. The van der Waals surface area contributed by atoms with Crippen LogP contribution in [0.4, 0.5) is 0 Å². The zero-order chi connectivity index (χ0) is 34.9. The first-order chi connectivity index (χ1) is 23.9. The van der Waals surface area contributed by atoms with E-state index in [9.17, 15) is 47.9 Å². The highest BCUT2D eigenvalue weighted by atomic mass is 32.1. The molecule has 0 bridgehead atoms. The molecule has 240 valence electrons. The highest BCUT2D eigenvalue weighted by Gasteiger charge is 2.19. The maximum Gasteiger partial charge on any atom is 0.347 e. The van der Waals surface area contributed by atoms with Crippen molar-refractivity contribution in [2.45, 2.75) is 0 Å². The van der Waals surface area contributed by atoms with Crippen LogP contribution in [0.3, 0.4) is 0 Å². The molecule has 0 atom stereocenters. The van der Waals surface area contributed by atoms with E-state index in [1.165, 1.54) is 59.9 Å². The number of rotatable bonds is 0. The highest BCUT2D eigenvalue weighted by Crippen LogP contribution is 2.29. The lowest BCUT2D eigenvalue weighted by Crippen LogP contribution is -2.04. The molecule has 16 heteroatoms. The Bertz CT molecular complexity index is 3290. The van der Waals surface area contributed by atoms with Gasteiger partial charge in [-0.2, -0.15) is 0 Å². The molecule has 6 heterocycles. The Balaban J connectivity index is 0.000000135. The minimum absolute atomic E-state index is 0.00394. The summed E-state index contributed by atoms with van der Waals surface area (Å²) in [6.45, 7) is 0. The average molecular weight is 688 g/mol. The molecule has 0 aliphatic carbocycles. The van der Waals surface area contributed by atoms with Crippen molar-refractivity contribution < 1.29 is 22.1 Å². The van der Waals surface area contributed by atoms with E-state index < -0.39 is 55.9 Å². The Morgan fingerprint density at radius 3 is 0.880 bits per heavy atom. The summed E-state index contributed by atoms with van der Waals surface area (Å²) in [6, 6.07) is 10.4. The lowest BCUT2D eigenvalue weighted by molar-refractivity contribution is 0.499. The second-order valence-electron chi connectivity index (χ2n) is 11.1. The van der Waals surface area contributed by atoms with Gasteiger partial charge in [-0.25, -0.2) is 38.4 Å². The van der Waals surface area contributed by atoms with Crippen LogP contribution in [0.25, 0.3) is 85.2 Å². The fourth-order valence-corrected chi connectivity index (χ4v) is 7.14. The Kier molecular flexibility index (Phi) is 5.61. The van der Waals surface area contributed by atoms with Crippen molar-refractivity contribution in [1.29, 1.82) is 0 Å². The molecule has 0 saturated carbocycles. The number of hydrogen-bond donors (Lipinski definition) is 0. The van der Waals surface area contributed by atoms with E-state index in [0.717, 1.165) is 0 Å². The van der Waals surface area contributed by atoms with Crippen molar-refractivity contribution in [3.8, 4) is 0 Å². The minimum atomic E-state index is -0.843. The van der Waals surface area contributed by atoms with Crippen LogP contribution < -0.4 is 55.9 Å².